The summed E-state index contributed by atoms with van der Waals surface area (Å²) >= 11 is 5.94. The number of likely N-dealkylation sites (tertiary alicyclic amines) is 1. The minimum atomic E-state index is -0.613. The van der Waals surface area contributed by atoms with Crippen molar-refractivity contribution in [3.8, 4) is 11.3 Å². The van der Waals surface area contributed by atoms with E-state index in [2.05, 4.69) is 15.5 Å². The van der Waals surface area contributed by atoms with Gasteiger partial charge >= 0.3 is 6.09 Å². The van der Waals surface area contributed by atoms with Crippen LogP contribution in [0.3, 0.4) is 0 Å². The number of nitrogens with one attached hydrogen (secondary N) is 2. The fourth-order valence-electron chi connectivity index (χ4n) is 3.65. The Kier molecular flexibility index (Phi) is 4.11. The summed E-state index contributed by atoms with van der Waals surface area (Å²) in [6.07, 6.45) is 1.13. The maximum atomic E-state index is 13.0. The third-order valence-corrected chi connectivity index (χ3v) is 5.28. The second-order valence-corrected chi connectivity index (χ2v) is 7.27. The van der Waals surface area contributed by atoms with E-state index in [4.69, 9.17) is 16.3 Å². The van der Waals surface area contributed by atoms with Crippen LogP contribution in [-0.2, 0) is 4.74 Å². The number of carbonyl (C=O) groups excluding carboxylic acids is 2. The average Bonchev–Trinajstić information content (AvgIpc) is 3.18. The van der Waals surface area contributed by atoms with Gasteiger partial charge in [-0.1, -0.05) is 23.7 Å². The highest BCUT2D eigenvalue weighted by Crippen LogP contribution is 2.30. The Bertz CT molecular complexity index is 864. The predicted octanol–water partition coefficient (Wildman–Crippen LogP) is 2.75. The van der Waals surface area contributed by atoms with Crippen LogP contribution in [0, 0.1) is 6.92 Å². The zero-order chi connectivity index (χ0) is 18.3. The van der Waals surface area contributed by atoms with E-state index in [-0.39, 0.29) is 5.91 Å². The lowest BCUT2D eigenvalue weighted by Gasteiger charge is -2.38. The van der Waals surface area contributed by atoms with Crippen molar-refractivity contribution in [2.75, 3.05) is 19.6 Å². The maximum absolute atomic E-state index is 13.0. The van der Waals surface area contributed by atoms with E-state index in [9.17, 15) is 9.59 Å². The van der Waals surface area contributed by atoms with Crippen LogP contribution in [0.5, 0.6) is 0 Å². The van der Waals surface area contributed by atoms with Crippen LogP contribution < -0.4 is 5.32 Å². The molecule has 0 radical (unpaired) electrons. The molecule has 0 unspecified atom stereocenters. The van der Waals surface area contributed by atoms with Gasteiger partial charge in [0, 0.05) is 22.7 Å². The molecule has 8 heteroatoms. The Morgan fingerprint density at radius 2 is 2.12 bits per heavy atom. The van der Waals surface area contributed by atoms with E-state index >= 15 is 0 Å². The number of benzene rings is 1. The smallest absolute Gasteiger partial charge is 0.407 e. The van der Waals surface area contributed by atoms with Crippen LogP contribution in [0.2, 0.25) is 5.02 Å². The second kappa shape index (κ2) is 6.32. The van der Waals surface area contributed by atoms with Crippen LogP contribution in [-0.4, -0.2) is 52.3 Å². The summed E-state index contributed by atoms with van der Waals surface area (Å²) in [7, 11) is 0. The van der Waals surface area contributed by atoms with E-state index in [0.29, 0.717) is 30.4 Å². The SMILES string of the molecule is Cc1c(-c2ccc(Cl)cc2)n[nH]c1C(=O)N1CCC[C@@]2(CNC(=O)O2)C1. The number of ether oxygens (including phenoxy) is 1. The fourth-order valence-corrected chi connectivity index (χ4v) is 3.78. The minimum Gasteiger partial charge on any atom is -0.439 e. The summed E-state index contributed by atoms with van der Waals surface area (Å²) in [6.45, 7) is 3.33. The minimum absolute atomic E-state index is 0.128. The molecule has 0 bridgehead atoms. The number of piperidine rings is 1. The zero-order valence-electron chi connectivity index (χ0n) is 14.3. The molecule has 2 aliphatic rings. The van der Waals surface area contributed by atoms with Gasteiger partial charge < -0.3 is 15.0 Å². The van der Waals surface area contributed by atoms with E-state index < -0.39 is 11.7 Å². The van der Waals surface area contributed by atoms with Crippen molar-refractivity contribution >= 4 is 23.6 Å². The van der Waals surface area contributed by atoms with Crippen LogP contribution in [0.15, 0.2) is 24.3 Å². The molecule has 2 aliphatic heterocycles. The molecule has 0 aliphatic carbocycles. The summed E-state index contributed by atoms with van der Waals surface area (Å²) in [5.74, 6) is -0.128. The molecule has 2 N–H and O–H groups in total. The van der Waals surface area contributed by atoms with Gasteiger partial charge in [-0.05, 0) is 31.9 Å². The number of rotatable bonds is 2. The molecule has 3 heterocycles. The van der Waals surface area contributed by atoms with Gasteiger partial charge in [0.2, 0.25) is 0 Å². The Balaban J connectivity index is 1.57. The van der Waals surface area contributed by atoms with Crippen molar-refractivity contribution in [1.29, 1.82) is 0 Å². The van der Waals surface area contributed by atoms with Gasteiger partial charge in [0.15, 0.2) is 0 Å². The number of carbonyl (C=O) groups is 2. The summed E-state index contributed by atoms with van der Waals surface area (Å²) < 4.78 is 5.44. The third kappa shape index (κ3) is 2.92. The summed E-state index contributed by atoms with van der Waals surface area (Å²) in [5, 5.41) is 10.5. The van der Waals surface area contributed by atoms with Crippen LogP contribution in [0.25, 0.3) is 11.3 Å². The van der Waals surface area contributed by atoms with Crippen molar-refractivity contribution in [1.82, 2.24) is 20.4 Å². The Morgan fingerprint density at radius 1 is 1.35 bits per heavy atom. The lowest BCUT2D eigenvalue weighted by molar-refractivity contribution is -0.00526. The van der Waals surface area contributed by atoms with Gasteiger partial charge in [-0.25, -0.2) is 4.79 Å². The van der Waals surface area contributed by atoms with Crippen molar-refractivity contribution in [2.45, 2.75) is 25.4 Å². The van der Waals surface area contributed by atoms with E-state index in [0.717, 1.165) is 29.7 Å². The molecule has 2 amide bonds. The van der Waals surface area contributed by atoms with Crippen molar-refractivity contribution < 1.29 is 14.3 Å². The monoisotopic (exact) mass is 374 g/mol. The first kappa shape index (κ1) is 16.9. The number of hydrogen-bond donors (Lipinski definition) is 2. The molecule has 1 atom stereocenters. The molecule has 2 aromatic rings. The summed E-state index contributed by atoms with van der Waals surface area (Å²) in [4.78, 5) is 26.2. The second-order valence-electron chi connectivity index (χ2n) is 6.84. The van der Waals surface area contributed by atoms with Crippen molar-refractivity contribution in [3.63, 3.8) is 0 Å². The Labute approximate surface area is 155 Å². The van der Waals surface area contributed by atoms with E-state index in [1.165, 1.54) is 0 Å². The van der Waals surface area contributed by atoms with Crippen LogP contribution >= 0.6 is 11.6 Å². The molecule has 1 aromatic carbocycles. The quantitative estimate of drug-likeness (QED) is 0.846. The summed E-state index contributed by atoms with van der Waals surface area (Å²) in [6, 6.07) is 7.34. The van der Waals surface area contributed by atoms with Crippen molar-refractivity contribution in [2.24, 2.45) is 0 Å². The molecule has 4 rings (SSSR count). The normalized spacial score (nSPS) is 22.4. The number of amides is 2. The molecule has 26 heavy (non-hydrogen) atoms. The standard InChI is InChI=1S/C18H19ClN4O3/c1-11-14(12-3-5-13(19)6-4-12)21-22-15(11)16(24)23-8-2-7-18(10-23)9-20-17(25)26-18/h3-6H,2,7-10H2,1H3,(H,20,25)(H,21,22)/t18-/m1/s1. The number of nitrogens with zero attached hydrogens (tertiary/aromatic N) is 2. The number of hydrogen-bond acceptors (Lipinski definition) is 4. The molecule has 1 spiro atoms. The maximum Gasteiger partial charge on any atom is 0.407 e. The molecular weight excluding hydrogens is 356 g/mol. The fraction of sp³-hybridized carbons (Fsp3) is 0.389. The highest BCUT2D eigenvalue weighted by Gasteiger charge is 2.45. The van der Waals surface area contributed by atoms with E-state index in [1.807, 2.05) is 19.1 Å². The number of H-pyrrole nitrogens is 1. The van der Waals surface area contributed by atoms with Crippen molar-refractivity contribution in [3.05, 3.63) is 40.5 Å². The molecule has 136 valence electrons. The lowest BCUT2D eigenvalue weighted by Crippen LogP contribution is -2.52. The lowest BCUT2D eigenvalue weighted by atomic mass is 9.92. The molecule has 2 saturated heterocycles. The third-order valence-electron chi connectivity index (χ3n) is 5.03. The van der Waals surface area contributed by atoms with Crippen LogP contribution in [0.1, 0.15) is 28.9 Å². The largest absolute Gasteiger partial charge is 0.439 e. The number of aromatic nitrogens is 2. The Morgan fingerprint density at radius 3 is 2.81 bits per heavy atom. The van der Waals surface area contributed by atoms with Gasteiger partial charge in [0.05, 0.1) is 18.8 Å². The predicted molar refractivity (Wildman–Crippen MR) is 96.1 cm³/mol. The van der Waals surface area contributed by atoms with Gasteiger partial charge in [-0.3, -0.25) is 9.89 Å². The van der Waals surface area contributed by atoms with E-state index in [1.54, 1.807) is 17.0 Å². The first-order chi connectivity index (χ1) is 12.5. The molecule has 0 saturated carbocycles. The van der Waals surface area contributed by atoms with Crippen LogP contribution in [0.4, 0.5) is 4.79 Å². The van der Waals surface area contributed by atoms with Gasteiger partial charge in [-0.15, -0.1) is 0 Å². The van der Waals surface area contributed by atoms with Gasteiger partial charge in [0.1, 0.15) is 11.3 Å². The number of aromatic amines is 1. The number of alkyl carbamates (subject to hydrolysis) is 1. The van der Waals surface area contributed by atoms with Gasteiger partial charge in [0.25, 0.3) is 5.91 Å². The highest BCUT2D eigenvalue weighted by atomic mass is 35.5. The Hall–Kier alpha value is -2.54. The first-order valence-electron chi connectivity index (χ1n) is 8.54. The first-order valence-corrected chi connectivity index (χ1v) is 8.92. The average molecular weight is 375 g/mol. The molecule has 2 fully saturated rings. The molecule has 7 nitrogen and oxygen atoms in total. The zero-order valence-corrected chi connectivity index (χ0v) is 15.1. The number of halogens is 1. The molecule has 1 aromatic heterocycles. The summed E-state index contributed by atoms with van der Waals surface area (Å²) in [5.41, 5.74) is 2.26. The highest BCUT2D eigenvalue weighted by molar-refractivity contribution is 6.30. The van der Waals surface area contributed by atoms with Gasteiger partial charge in [-0.2, -0.15) is 5.10 Å². The molecular formula is C18H19ClN4O3. The topological polar surface area (TPSA) is 87.3 Å².